The van der Waals surface area contributed by atoms with Gasteiger partial charge in [0.1, 0.15) is 18.3 Å². The number of nitriles is 1. The van der Waals surface area contributed by atoms with E-state index in [2.05, 4.69) is 5.32 Å². The van der Waals surface area contributed by atoms with Crippen LogP contribution in [-0.2, 0) is 11.3 Å². The molecular weight excluding hydrogens is 282 g/mol. The SMILES string of the molecule is CC(C#N)n1cccc(NC(=O)OCc2ccccc2)c1=O. The summed E-state index contributed by atoms with van der Waals surface area (Å²) in [7, 11) is 0. The largest absolute Gasteiger partial charge is 0.444 e. The molecule has 2 rings (SSSR count). The second-order valence-electron chi connectivity index (χ2n) is 4.63. The van der Waals surface area contributed by atoms with E-state index in [1.807, 2.05) is 36.4 Å². The molecule has 2 aromatic rings. The molecule has 1 unspecified atom stereocenters. The molecule has 0 saturated heterocycles. The number of pyridine rings is 1. The molecule has 6 heteroatoms. The number of anilines is 1. The zero-order valence-corrected chi connectivity index (χ0v) is 12.0. The average molecular weight is 297 g/mol. The van der Waals surface area contributed by atoms with Crippen LogP contribution in [0.15, 0.2) is 53.5 Å². The summed E-state index contributed by atoms with van der Waals surface area (Å²) in [6.45, 7) is 1.71. The smallest absolute Gasteiger partial charge is 0.412 e. The van der Waals surface area contributed by atoms with E-state index < -0.39 is 17.7 Å². The molecule has 1 heterocycles. The minimum Gasteiger partial charge on any atom is -0.444 e. The van der Waals surface area contributed by atoms with E-state index in [-0.39, 0.29) is 12.3 Å². The Morgan fingerprint density at radius 2 is 2.05 bits per heavy atom. The van der Waals surface area contributed by atoms with E-state index in [9.17, 15) is 9.59 Å². The van der Waals surface area contributed by atoms with Crippen molar-refractivity contribution >= 4 is 11.8 Å². The zero-order chi connectivity index (χ0) is 15.9. The van der Waals surface area contributed by atoms with Crippen LogP contribution in [0.1, 0.15) is 18.5 Å². The molecule has 0 aliphatic heterocycles. The monoisotopic (exact) mass is 297 g/mol. The first-order valence-electron chi connectivity index (χ1n) is 6.70. The molecule has 0 spiro atoms. The first-order valence-corrected chi connectivity index (χ1v) is 6.70. The predicted octanol–water partition coefficient (Wildman–Crippen LogP) is 2.68. The lowest BCUT2D eigenvalue weighted by Gasteiger charge is -2.10. The zero-order valence-electron chi connectivity index (χ0n) is 12.0. The number of hydrogen-bond acceptors (Lipinski definition) is 4. The third-order valence-electron chi connectivity index (χ3n) is 3.03. The summed E-state index contributed by atoms with van der Waals surface area (Å²) in [6, 6.07) is 13.6. The van der Waals surface area contributed by atoms with Gasteiger partial charge in [-0.3, -0.25) is 14.7 Å². The lowest BCUT2D eigenvalue weighted by atomic mass is 10.2. The van der Waals surface area contributed by atoms with Crippen LogP contribution in [0.25, 0.3) is 0 Å². The highest BCUT2D eigenvalue weighted by molar-refractivity contribution is 5.84. The summed E-state index contributed by atoms with van der Waals surface area (Å²) in [5.41, 5.74) is 0.470. The summed E-state index contributed by atoms with van der Waals surface area (Å²) in [5.74, 6) is 0. The number of hydrogen-bond donors (Lipinski definition) is 1. The van der Waals surface area contributed by atoms with Crippen molar-refractivity contribution in [2.75, 3.05) is 5.32 Å². The van der Waals surface area contributed by atoms with Crippen LogP contribution in [-0.4, -0.2) is 10.7 Å². The third-order valence-corrected chi connectivity index (χ3v) is 3.03. The van der Waals surface area contributed by atoms with Crippen LogP contribution in [0.2, 0.25) is 0 Å². The van der Waals surface area contributed by atoms with Crippen LogP contribution in [0.3, 0.4) is 0 Å². The molecule has 0 radical (unpaired) electrons. The molecule has 1 amide bonds. The van der Waals surface area contributed by atoms with Crippen LogP contribution in [0.5, 0.6) is 0 Å². The maximum Gasteiger partial charge on any atom is 0.412 e. The van der Waals surface area contributed by atoms with Gasteiger partial charge in [-0.2, -0.15) is 5.26 Å². The van der Waals surface area contributed by atoms with Crippen molar-refractivity contribution in [1.82, 2.24) is 4.57 Å². The first-order chi connectivity index (χ1) is 10.6. The molecule has 112 valence electrons. The van der Waals surface area contributed by atoms with Crippen molar-refractivity contribution < 1.29 is 9.53 Å². The molecule has 0 bridgehead atoms. The Morgan fingerprint density at radius 1 is 1.32 bits per heavy atom. The fourth-order valence-corrected chi connectivity index (χ4v) is 1.84. The number of aromatic nitrogens is 1. The fraction of sp³-hybridized carbons (Fsp3) is 0.188. The van der Waals surface area contributed by atoms with Crippen LogP contribution in [0, 0.1) is 11.3 Å². The maximum atomic E-state index is 12.1. The number of ether oxygens (including phenoxy) is 1. The Labute approximate surface area is 127 Å². The Balaban J connectivity index is 2.03. The van der Waals surface area contributed by atoms with Gasteiger partial charge in [0.15, 0.2) is 0 Å². The van der Waals surface area contributed by atoms with Gasteiger partial charge in [-0.15, -0.1) is 0 Å². The van der Waals surface area contributed by atoms with Crippen molar-refractivity contribution in [2.45, 2.75) is 19.6 Å². The van der Waals surface area contributed by atoms with E-state index in [4.69, 9.17) is 10.00 Å². The van der Waals surface area contributed by atoms with Gasteiger partial charge in [-0.05, 0) is 24.6 Å². The molecule has 1 aromatic carbocycles. The van der Waals surface area contributed by atoms with E-state index in [0.29, 0.717) is 0 Å². The van der Waals surface area contributed by atoms with Crippen molar-refractivity contribution in [2.24, 2.45) is 0 Å². The molecule has 22 heavy (non-hydrogen) atoms. The highest BCUT2D eigenvalue weighted by Gasteiger charge is 2.11. The van der Waals surface area contributed by atoms with Gasteiger partial charge in [0, 0.05) is 6.20 Å². The number of amides is 1. The summed E-state index contributed by atoms with van der Waals surface area (Å²) in [6.07, 6.45) is 0.778. The van der Waals surface area contributed by atoms with Crippen LogP contribution < -0.4 is 10.9 Å². The maximum absolute atomic E-state index is 12.1. The minimum atomic E-state index is -0.719. The van der Waals surface area contributed by atoms with E-state index in [1.165, 1.54) is 16.8 Å². The Kier molecular flexibility index (Phi) is 4.94. The van der Waals surface area contributed by atoms with Gasteiger partial charge in [0.05, 0.1) is 6.07 Å². The van der Waals surface area contributed by atoms with Gasteiger partial charge in [-0.1, -0.05) is 30.3 Å². The second-order valence-corrected chi connectivity index (χ2v) is 4.63. The molecule has 0 aliphatic rings. The Bertz CT molecular complexity index is 747. The average Bonchev–Trinajstić information content (AvgIpc) is 2.55. The van der Waals surface area contributed by atoms with Crippen LogP contribution >= 0.6 is 0 Å². The first kappa shape index (κ1) is 15.3. The molecule has 1 atom stereocenters. The van der Waals surface area contributed by atoms with Gasteiger partial charge < -0.3 is 4.74 Å². The number of nitrogens with zero attached hydrogens (tertiary/aromatic N) is 2. The van der Waals surface area contributed by atoms with Crippen molar-refractivity contribution in [3.05, 3.63) is 64.6 Å². The predicted molar refractivity (Wildman–Crippen MR) is 81.3 cm³/mol. The van der Waals surface area contributed by atoms with Crippen molar-refractivity contribution in [3.63, 3.8) is 0 Å². The highest BCUT2D eigenvalue weighted by Crippen LogP contribution is 2.06. The second kappa shape index (κ2) is 7.09. The minimum absolute atomic E-state index is 0.0719. The third kappa shape index (κ3) is 3.73. The van der Waals surface area contributed by atoms with Gasteiger partial charge in [0.25, 0.3) is 5.56 Å². The highest BCUT2D eigenvalue weighted by atomic mass is 16.5. The molecule has 0 fully saturated rings. The van der Waals surface area contributed by atoms with Gasteiger partial charge in [0.2, 0.25) is 0 Å². The fourth-order valence-electron chi connectivity index (χ4n) is 1.84. The van der Waals surface area contributed by atoms with E-state index in [1.54, 1.807) is 13.0 Å². The molecular formula is C16H15N3O3. The normalized spacial score (nSPS) is 11.3. The molecule has 0 saturated carbocycles. The summed E-state index contributed by atoms with van der Waals surface area (Å²) >= 11 is 0. The Hall–Kier alpha value is -3.07. The standard InChI is InChI=1S/C16H15N3O3/c1-12(10-17)19-9-5-8-14(15(19)20)18-16(21)22-11-13-6-3-2-4-7-13/h2-9,12H,11H2,1H3,(H,18,21). The number of rotatable bonds is 4. The molecule has 1 aromatic heterocycles. The molecule has 0 aliphatic carbocycles. The lowest BCUT2D eigenvalue weighted by Crippen LogP contribution is -2.27. The quantitative estimate of drug-likeness (QED) is 0.940. The number of carbonyl (C=O) groups is 1. The van der Waals surface area contributed by atoms with Crippen molar-refractivity contribution in [1.29, 1.82) is 5.26 Å². The van der Waals surface area contributed by atoms with Crippen molar-refractivity contribution in [3.8, 4) is 6.07 Å². The van der Waals surface area contributed by atoms with Gasteiger partial charge >= 0.3 is 6.09 Å². The Morgan fingerprint density at radius 3 is 2.73 bits per heavy atom. The molecule has 6 nitrogen and oxygen atoms in total. The van der Waals surface area contributed by atoms with Crippen LogP contribution in [0.4, 0.5) is 10.5 Å². The van der Waals surface area contributed by atoms with E-state index >= 15 is 0 Å². The number of benzene rings is 1. The topological polar surface area (TPSA) is 84.1 Å². The number of nitrogens with one attached hydrogen (secondary N) is 1. The van der Waals surface area contributed by atoms with E-state index in [0.717, 1.165) is 5.56 Å². The summed E-state index contributed by atoms with van der Waals surface area (Å²) in [4.78, 5) is 23.9. The van der Waals surface area contributed by atoms with Gasteiger partial charge in [-0.25, -0.2) is 4.79 Å². The summed E-state index contributed by atoms with van der Waals surface area (Å²) < 4.78 is 6.29. The lowest BCUT2D eigenvalue weighted by molar-refractivity contribution is 0.155. The molecule has 1 N–H and O–H groups in total. The summed E-state index contributed by atoms with van der Waals surface area (Å²) in [5, 5.41) is 11.3. The number of carbonyl (C=O) groups excluding carboxylic acids is 1.